The van der Waals surface area contributed by atoms with Crippen LogP contribution in [0.2, 0.25) is 5.02 Å². The molecule has 0 fully saturated rings. The number of aliphatic hydroxyl groups excluding tert-OH is 1. The zero-order chi connectivity index (χ0) is 13.4. The van der Waals surface area contributed by atoms with E-state index in [4.69, 9.17) is 11.6 Å². The van der Waals surface area contributed by atoms with Crippen LogP contribution in [-0.2, 0) is 6.61 Å². The number of nitrogens with zero attached hydrogens (tertiary/aromatic N) is 1. The van der Waals surface area contributed by atoms with Gasteiger partial charge in [-0.25, -0.2) is 4.39 Å². The van der Waals surface area contributed by atoms with Crippen molar-refractivity contribution in [2.75, 3.05) is 0 Å². The molecule has 0 aliphatic heterocycles. The van der Waals surface area contributed by atoms with Gasteiger partial charge in [0.2, 0.25) is 0 Å². The highest BCUT2D eigenvalue weighted by Crippen LogP contribution is 2.31. The standard InChI is InChI=1S/C15H13ClFNO/c16-11-5-4-10-6-14(9-19)18(15(10)7-11)13-3-1-2-12(17)8-13/h1-2,4-8,13,19H,3,9H2. The van der Waals surface area contributed by atoms with Gasteiger partial charge in [-0.1, -0.05) is 23.7 Å². The summed E-state index contributed by atoms with van der Waals surface area (Å²) in [6.45, 7) is -0.0814. The van der Waals surface area contributed by atoms with Crippen molar-refractivity contribution in [2.45, 2.75) is 19.1 Å². The van der Waals surface area contributed by atoms with Crippen LogP contribution in [0.1, 0.15) is 18.2 Å². The molecule has 0 spiro atoms. The number of fused-ring (bicyclic) bond motifs is 1. The van der Waals surface area contributed by atoms with Crippen LogP contribution in [0.15, 0.2) is 48.3 Å². The van der Waals surface area contributed by atoms with Crippen LogP contribution in [0.5, 0.6) is 0 Å². The number of aliphatic hydroxyl groups is 1. The molecule has 1 aliphatic rings. The Balaban J connectivity index is 2.20. The first-order valence-electron chi connectivity index (χ1n) is 6.13. The normalized spacial score (nSPS) is 18.9. The largest absolute Gasteiger partial charge is 0.390 e. The summed E-state index contributed by atoms with van der Waals surface area (Å²) in [7, 11) is 0. The second-order valence-corrected chi connectivity index (χ2v) is 5.06. The van der Waals surface area contributed by atoms with E-state index >= 15 is 0 Å². The quantitative estimate of drug-likeness (QED) is 0.877. The van der Waals surface area contributed by atoms with Gasteiger partial charge in [-0.15, -0.1) is 0 Å². The van der Waals surface area contributed by atoms with Gasteiger partial charge in [-0.2, -0.15) is 0 Å². The maximum Gasteiger partial charge on any atom is 0.120 e. The van der Waals surface area contributed by atoms with Gasteiger partial charge in [-0.3, -0.25) is 0 Å². The molecule has 2 nitrogen and oxygen atoms in total. The smallest absolute Gasteiger partial charge is 0.120 e. The summed E-state index contributed by atoms with van der Waals surface area (Å²) >= 11 is 6.03. The van der Waals surface area contributed by atoms with E-state index in [1.165, 1.54) is 6.08 Å². The molecule has 98 valence electrons. The first kappa shape index (κ1) is 12.5. The van der Waals surface area contributed by atoms with Gasteiger partial charge >= 0.3 is 0 Å². The van der Waals surface area contributed by atoms with E-state index in [2.05, 4.69) is 0 Å². The van der Waals surface area contributed by atoms with Gasteiger partial charge in [0.1, 0.15) is 5.83 Å². The first-order valence-corrected chi connectivity index (χ1v) is 6.51. The summed E-state index contributed by atoms with van der Waals surface area (Å²) in [5.74, 6) is -0.246. The molecule has 1 aromatic carbocycles. The Morgan fingerprint density at radius 2 is 2.21 bits per heavy atom. The Morgan fingerprint density at radius 3 is 2.95 bits per heavy atom. The summed E-state index contributed by atoms with van der Waals surface area (Å²) < 4.78 is 15.4. The molecule has 19 heavy (non-hydrogen) atoms. The van der Waals surface area contributed by atoms with Gasteiger partial charge in [0.15, 0.2) is 0 Å². The fourth-order valence-electron chi connectivity index (χ4n) is 2.57. The average Bonchev–Trinajstić information content (AvgIpc) is 2.76. The van der Waals surface area contributed by atoms with Crippen molar-refractivity contribution in [3.63, 3.8) is 0 Å². The van der Waals surface area contributed by atoms with Crippen molar-refractivity contribution in [1.82, 2.24) is 4.57 Å². The molecule has 0 radical (unpaired) electrons. The second-order valence-electron chi connectivity index (χ2n) is 4.62. The third-order valence-corrected chi connectivity index (χ3v) is 3.62. The van der Waals surface area contributed by atoms with E-state index in [9.17, 15) is 9.50 Å². The highest BCUT2D eigenvalue weighted by atomic mass is 35.5. The van der Waals surface area contributed by atoms with Crippen LogP contribution in [-0.4, -0.2) is 9.67 Å². The minimum atomic E-state index is -0.246. The summed E-state index contributed by atoms with van der Waals surface area (Å²) in [5.41, 5.74) is 1.68. The molecule has 1 heterocycles. The number of hydrogen-bond acceptors (Lipinski definition) is 1. The highest BCUT2D eigenvalue weighted by Gasteiger charge is 2.17. The van der Waals surface area contributed by atoms with E-state index in [1.54, 1.807) is 12.2 Å². The average molecular weight is 278 g/mol. The zero-order valence-electron chi connectivity index (χ0n) is 10.2. The lowest BCUT2D eigenvalue weighted by molar-refractivity contribution is 0.269. The van der Waals surface area contributed by atoms with Crippen LogP contribution in [0.3, 0.4) is 0 Å². The lowest BCUT2D eigenvalue weighted by atomic mass is 10.1. The van der Waals surface area contributed by atoms with Crippen LogP contribution in [0.4, 0.5) is 4.39 Å². The lowest BCUT2D eigenvalue weighted by Crippen LogP contribution is -2.11. The third kappa shape index (κ3) is 2.20. The molecule has 0 bridgehead atoms. The molecule has 3 rings (SSSR count). The number of aromatic nitrogens is 1. The van der Waals surface area contributed by atoms with Crippen molar-refractivity contribution in [2.24, 2.45) is 0 Å². The Bertz CT molecular complexity index is 687. The maximum atomic E-state index is 13.4. The van der Waals surface area contributed by atoms with E-state index in [0.29, 0.717) is 11.4 Å². The molecule has 1 aromatic heterocycles. The summed E-state index contributed by atoms with van der Waals surface area (Å²) in [5, 5.41) is 11.1. The first-order chi connectivity index (χ1) is 9.19. The lowest BCUT2D eigenvalue weighted by Gasteiger charge is -2.20. The van der Waals surface area contributed by atoms with Crippen molar-refractivity contribution in [1.29, 1.82) is 0 Å². The molecule has 0 saturated heterocycles. The summed E-state index contributed by atoms with van der Waals surface area (Å²) in [6, 6.07) is 7.36. The van der Waals surface area contributed by atoms with Crippen LogP contribution in [0, 0.1) is 0 Å². The molecule has 0 amide bonds. The number of hydrogen-bond donors (Lipinski definition) is 1. The van der Waals surface area contributed by atoms with Gasteiger partial charge in [-0.05, 0) is 36.8 Å². The topological polar surface area (TPSA) is 25.2 Å². The van der Waals surface area contributed by atoms with Gasteiger partial charge in [0.25, 0.3) is 0 Å². The second kappa shape index (κ2) is 4.83. The molecular weight excluding hydrogens is 265 g/mol. The number of halogens is 2. The Morgan fingerprint density at radius 1 is 1.37 bits per heavy atom. The molecule has 4 heteroatoms. The minimum absolute atomic E-state index is 0.0814. The van der Waals surface area contributed by atoms with Crippen LogP contribution < -0.4 is 0 Å². The zero-order valence-corrected chi connectivity index (χ0v) is 10.9. The fourth-order valence-corrected chi connectivity index (χ4v) is 2.74. The Labute approximate surface area is 115 Å². The summed E-state index contributed by atoms with van der Waals surface area (Å²) in [4.78, 5) is 0. The van der Waals surface area contributed by atoms with Crippen molar-refractivity contribution < 1.29 is 9.50 Å². The molecule has 1 unspecified atom stereocenters. The van der Waals surface area contributed by atoms with Gasteiger partial charge in [0, 0.05) is 16.1 Å². The van der Waals surface area contributed by atoms with Crippen LogP contribution in [0.25, 0.3) is 10.9 Å². The monoisotopic (exact) mass is 277 g/mol. The summed E-state index contributed by atoms with van der Waals surface area (Å²) in [6.07, 6.45) is 5.54. The Kier molecular flexibility index (Phi) is 3.17. The van der Waals surface area contributed by atoms with Crippen molar-refractivity contribution >= 4 is 22.5 Å². The van der Waals surface area contributed by atoms with Crippen LogP contribution >= 0.6 is 11.6 Å². The van der Waals surface area contributed by atoms with E-state index in [1.807, 2.05) is 28.8 Å². The number of allylic oxidation sites excluding steroid dienone is 4. The SMILES string of the molecule is OCc1cc2ccc(Cl)cc2n1C1C=C(F)C=CC1. The highest BCUT2D eigenvalue weighted by molar-refractivity contribution is 6.31. The molecule has 1 atom stereocenters. The molecule has 1 N–H and O–H groups in total. The van der Waals surface area contributed by atoms with Gasteiger partial charge < -0.3 is 9.67 Å². The van der Waals surface area contributed by atoms with E-state index < -0.39 is 0 Å². The van der Waals surface area contributed by atoms with E-state index in [0.717, 1.165) is 16.6 Å². The van der Waals surface area contributed by atoms with E-state index in [-0.39, 0.29) is 18.5 Å². The third-order valence-electron chi connectivity index (χ3n) is 3.38. The molecular formula is C15H13ClFNO. The molecule has 2 aromatic rings. The van der Waals surface area contributed by atoms with Crippen molar-refractivity contribution in [3.8, 4) is 0 Å². The predicted octanol–water partition coefficient (Wildman–Crippen LogP) is 4.14. The molecule has 1 aliphatic carbocycles. The maximum absolute atomic E-state index is 13.4. The number of rotatable bonds is 2. The van der Waals surface area contributed by atoms with Crippen molar-refractivity contribution in [3.05, 3.63) is 59.0 Å². The molecule has 0 saturated carbocycles. The predicted molar refractivity (Wildman–Crippen MR) is 74.9 cm³/mol. The van der Waals surface area contributed by atoms with Gasteiger partial charge in [0.05, 0.1) is 18.2 Å². The minimum Gasteiger partial charge on any atom is -0.390 e. The Hall–Kier alpha value is -1.58. The number of benzene rings is 1. The fraction of sp³-hybridized carbons (Fsp3) is 0.200.